The van der Waals surface area contributed by atoms with Gasteiger partial charge in [-0.25, -0.2) is 24.2 Å². The van der Waals surface area contributed by atoms with Crippen LogP contribution in [0.5, 0.6) is 0 Å². The number of aromatic nitrogens is 4. The van der Waals surface area contributed by atoms with E-state index < -0.39 is 11.7 Å². The zero-order valence-electron chi connectivity index (χ0n) is 21.6. The number of rotatable bonds is 5. The van der Waals surface area contributed by atoms with E-state index in [1.165, 1.54) is 6.33 Å². The fourth-order valence-electron chi connectivity index (χ4n) is 5.05. The van der Waals surface area contributed by atoms with Gasteiger partial charge in [0.15, 0.2) is 5.65 Å². The quantitative estimate of drug-likeness (QED) is 0.259. The summed E-state index contributed by atoms with van der Waals surface area (Å²) in [6, 6.07) is 16.5. The molecule has 0 fully saturated rings. The summed E-state index contributed by atoms with van der Waals surface area (Å²) < 4.78 is 13.9. The second-order valence-electron chi connectivity index (χ2n) is 9.51. The first kappa shape index (κ1) is 26.0. The molecule has 1 atom stereocenters. The molecule has 1 aliphatic rings. The molecule has 0 spiro atoms. The van der Waals surface area contributed by atoms with Gasteiger partial charge in [-0.15, -0.1) is 0 Å². The maximum Gasteiger partial charge on any atom is 0.410 e. The van der Waals surface area contributed by atoms with Crippen LogP contribution < -0.4 is 11.4 Å². The molecule has 10 nitrogen and oxygen atoms in total. The Labute approximate surface area is 242 Å². The Morgan fingerprint density at radius 3 is 2.62 bits per heavy atom. The van der Waals surface area contributed by atoms with Crippen molar-refractivity contribution in [3.63, 3.8) is 0 Å². The van der Waals surface area contributed by atoms with Crippen LogP contribution in [0.2, 0.25) is 0 Å². The van der Waals surface area contributed by atoms with Gasteiger partial charge in [0, 0.05) is 18.7 Å². The Morgan fingerprint density at radius 2 is 1.88 bits per heavy atom. The highest BCUT2D eigenvalue weighted by molar-refractivity contribution is 14.1. The second-order valence-corrected chi connectivity index (χ2v) is 10.5. The lowest BCUT2D eigenvalue weighted by atomic mass is 9.92. The molecule has 2 aromatic carbocycles. The van der Waals surface area contributed by atoms with Crippen LogP contribution >= 0.6 is 22.6 Å². The standard InChI is InChI=1S/C29H25IN6O4/c1-17(36-27-23(25(30)34-36)26(31)32-16-33-27)24-22(20-9-5-6-10-21(20)28(37)40-24)19-11-13-35(14-12-19)29(38)39-15-18-7-3-2-4-8-18/h2-11,16-17H,12-15H2,1H3,(H2,31,32,33). The maximum absolute atomic E-state index is 13.1. The number of amides is 1. The van der Waals surface area contributed by atoms with Crippen molar-refractivity contribution in [1.82, 2.24) is 24.6 Å². The Bertz CT molecular complexity index is 1830. The van der Waals surface area contributed by atoms with E-state index in [9.17, 15) is 9.59 Å². The van der Waals surface area contributed by atoms with Gasteiger partial charge in [0.2, 0.25) is 0 Å². The molecule has 2 N–H and O–H groups in total. The first-order valence-corrected chi connectivity index (χ1v) is 13.8. The molecule has 3 aromatic heterocycles. The Hall–Kier alpha value is -4.26. The van der Waals surface area contributed by atoms with E-state index in [2.05, 4.69) is 37.7 Å². The average Bonchev–Trinajstić information content (AvgIpc) is 3.33. The average molecular weight is 648 g/mol. The number of benzene rings is 2. The number of carbonyl (C=O) groups is 1. The van der Waals surface area contributed by atoms with Gasteiger partial charge in [-0.2, -0.15) is 5.10 Å². The lowest BCUT2D eigenvalue weighted by Gasteiger charge is -2.27. The Kier molecular flexibility index (Phi) is 6.96. The van der Waals surface area contributed by atoms with Gasteiger partial charge in [-0.1, -0.05) is 54.6 Å². The summed E-state index contributed by atoms with van der Waals surface area (Å²) in [5.41, 5.74) is 8.97. The number of halogens is 1. The van der Waals surface area contributed by atoms with E-state index in [-0.39, 0.29) is 12.7 Å². The van der Waals surface area contributed by atoms with Crippen molar-refractivity contribution in [3.05, 3.63) is 98.0 Å². The molecule has 0 bridgehead atoms. The van der Waals surface area contributed by atoms with E-state index in [4.69, 9.17) is 14.9 Å². The predicted molar refractivity (Wildman–Crippen MR) is 160 cm³/mol. The fourth-order valence-corrected chi connectivity index (χ4v) is 5.80. The van der Waals surface area contributed by atoms with Gasteiger partial charge < -0.3 is 19.8 Å². The molecule has 4 heterocycles. The summed E-state index contributed by atoms with van der Waals surface area (Å²) in [5.74, 6) is 0.801. The van der Waals surface area contributed by atoms with Crippen LogP contribution in [-0.2, 0) is 11.3 Å². The number of nitrogens with zero attached hydrogens (tertiary/aromatic N) is 5. The molecular weight excluding hydrogens is 623 g/mol. The van der Waals surface area contributed by atoms with Crippen LogP contribution in [-0.4, -0.2) is 43.8 Å². The SMILES string of the molecule is CC(c1oc(=O)c2ccccc2c1C1=CCN(C(=O)OCc2ccccc2)CC1)n1nc(I)c2c(N)ncnc21. The Balaban J connectivity index is 1.37. The van der Waals surface area contributed by atoms with Crippen molar-refractivity contribution in [3.8, 4) is 0 Å². The van der Waals surface area contributed by atoms with Crippen molar-refractivity contribution in [2.24, 2.45) is 0 Å². The van der Waals surface area contributed by atoms with Crippen molar-refractivity contribution < 1.29 is 13.9 Å². The van der Waals surface area contributed by atoms with Crippen LogP contribution in [0.3, 0.4) is 0 Å². The third kappa shape index (κ3) is 4.70. The van der Waals surface area contributed by atoms with E-state index in [0.717, 1.165) is 22.1 Å². The smallest absolute Gasteiger partial charge is 0.410 e. The van der Waals surface area contributed by atoms with Gasteiger partial charge in [0.25, 0.3) is 0 Å². The van der Waals surface area contributed by atoms with Crippen molar-refractivity contribution in [2.45, 2.75) is 26.0 Å². The van der Waals surface area contributed by atoms with Crippen molar-refractivity contribution >= 4 is 61.9 Å². The summed E-state index contributed by atoms with van der Waals surface area (Å²) in [6.45, 7) is 2.96. The van der Waals surface area contributed by atoms with Gasteiger partial charge in [-0.05, 0) is 58.5 Å². The van der Waals surface area contributed by atoms with Gasteiger partial charge in [0.05, 0.1) is 10.8 Å². The molecule has 1 aliphatic heterocycles. The minimum Gasteiger partial charge on any atom is -0.445 e. The lowest BCUT2D eigenvalue weighted by molar-refractivity contribution is 0.0998. The highest BCUT2D eigenvalue weighted by Gasteiger charge is 2.28. The summed E-state index contributed by atoms with van der Waals surface area (Å²) in [5, 5.41) is 6.60. The third-order valence-corrected chi connectivity index (χ3v) is 7.84. The molecule has 11 heteroatoms. The fraction of sp³-hybridized carbons (Fsp3) is 0.207. The summed E-state index contributed by atoms with van der Waals surface area (Å²) >= 11 is 2.10. The number of ether oxygens (including phenoxy) is 1. The minimum atomic E-state index is -0.484. The molecule has 5 aromatic rings. The molecule has 0 aliphatic carbocycles. The number of hydrogen-bond donors (Lipinski definition) is 1. The molecule has 6 rings (SSSR count). The summed E-state index contributed by atoms with van der Waals surface area (Å²) in [6.07, 6.45) is 3.58. The first-order valence-electron chi connectivity index (χ1n) is 12.8. The highest BCUT2D eigenvalue weighted by atomic mass is 127. The summed E-state index contributed by atoms with van der Waals surface area (Å²) in [4.78, 5) is 36.0. The maximum atomic E-state index is 13.1. The topological polar surface area (TPSA) is 129 Å². The summed E-state index contributed by atoms with van der Waals surface area (Å²) in [7, 11) is 0. The van der Waals surface area contributed by atoms with Crippen LogP contribution in [0.15, 0.2) is 76.2 Å². The van der Waals surface area contributed by atoms with Gasteiger partial charge >= 0.3 is 11.7 Å². The molecule has 1 unspecified atom stereocenters. The van der Waals surface area contributed by atoms with Crippen LogP contribution in [0.25, 0.3) is 27.4 Å². The van der Waals surface area contributed by atoms with E-state index >= 15 is 0 Å². The molecule has 0 radical (unpaired) electrons. The van der Waals surface area contributed by atoms with Crippen LogP contribution in [0.4, 0.5) is 10.6 Å². The third-order valence-electron chi connectivity index (χ3n) is 7.08. The van der Waals surface area contributed by atoms with E-state index in [0.29, 0.717) is 51.2 Å². The number of nitrogen functional groups attached to an aromatic ring is 1. The molecular formula is C29H25IN6O4. The van der Waals surface area contributed by atoms with Crippen LogP contribution in [0.1, 0.15) is 36.3 Å². The van der Waals surface area contributed by atoms with Crippen molar-refractivity contribution in [1.29, 1.82) is 0 Å². The minimum absolute atomic E-state index is 0.216. The van der Waals surface area contributed by atoms with Crippen LogP contribution in [0, 0.1) is 3.70 Å². The Morgan fingerprint density at radius 1 is 1.12 bits per heavy atom. The van der Waals surface area contributed by atoms with E-state index in [1.54, 1.807) is 15.6 Å². The predicted octanol–water partition coefficient (Wildman–Crippen LogP) is 5.15. The largest absolute Gasteiger partial charge is 0.445 e. The van der Waals surface area contributed by atoms with Gasteiger partial charge in [0.1, 0.15) is 34.3 Å². The van der Waals surface area contributed by atoms with E-state index in [1.807, 2.05) is 61.5 Å². The lowest BCUT2D eigenvalue weighted by Crippen LogP contribution is -2.35. The second kappa shape index (κ2) is 10.7. The molecule has 40 heavy (non-hydrogen) atoms. The normalized spacial score (nSPS) is 14.3. The zero-order valence-corrected chi connectivity index (χ0v) is 23.7. The number of anilines is 1. The number of carbonyl (C=O) groups excluding carboxylic acids is 1. The van der Waals surface area contributed by atoms with Gasteiger partial charge in [-0.3, -0.25) is 0 Å². The monoisotopic (exact) mass is 648 g/mol. The molecule has 0 saturated heterocycles. The number of hydrogen-bond acceptors (Lipinski definition) is 8. The first-order chi connectivity index (χ1) is 19.4. The highest BCUT2D eigenvalue weighted by Crippen LogP contribution is 2.36. The zero-order chi connectivity index (χ0) is 27.8. The number of nitrogens with two attached hydrogens (primary N) is 1. The number of fused-ring (bicyclic) bond motifs is 2. The molecule has 1 amide bonds. The van der Waals surface area contributed by atoms with Crippen molar-refractivity contribution in [2.75, 3.05) is 18.8 Å². The molecule has 202 valence electrons. The molecule has 0 saturated carbocycles.